The van der Waals surface area contributed by atoms with Crippen LogP contribution in [0.15, 0.2) is 18.6 Å². The van der Waals surface area contributed by atoms with Gasteiger partial charge in [0.15, 0.2) is 12.0 Å². The topological polar surface area (TPSA) is 131 Å². The molecule has 0 bridgehead atoms. The molecule has 0 spiro atoms. The van der Waals surface area contributed by atoms with E-state index < -0.39 is 30.6 Å². The van der Waals surface area contributed by atoms with Gasteiger partial charge in [0.1, 0.15) is 29.8 Å². The van der Waals surface area contributed by atoms with E-state index in [0.29, 0.717) is 16.9 Å². The summed E-state index contributed by atoms with van der Waals surface area (Å²) in [6.45, 7) is 1.04. The Bertz CT molecular complexity index is 690. The van der Waals surface area contributed by atoms with Crippen LogP contribution in [0.5, 0.6) is 0 Å². The van der Waals surface area contributed by atoms with E-state index in [4.69, 9.17) is 4.74 Å². The van der Waals surface area contributed by atoms with Gasteiger partial charge in [0.25, 0.3) is 0 Å². The first-order valence-electron chi connectivity index (χ1n) is 6.94. The van der Waals surface area contributed by atoms with Gasteiger partial charge in [-0.3, -0.25) is 0 Å². The van der Waals surface area contributed by atoms with Crippen LogP contribution < -0.4 is 5.48 Å². The zero-order chi connectivity index (χ0) is 16.6. The lowest BCUT2D eigenvalue weighted by Gasteiger charge is -2.27. The monoisotopic (exact) mass is 326 g/mol. The Morgan fingerprint density at radius 2 is 2.26 bits per heavy atom. The Labute approximate surface area is 131 Å². The molecule has 0 aliphatic carbocycles. The van der Waals surface area contributed by atoms with E-state index in [0.717, 1.165) is 0 Å². The first-order chi connectivity index (χ1) is 11.0. The van der Waals surface area contributed by atoms with Gasteiger partial charge in [-0.1, -0.05) is 0 Å². The Kier molecular flexibility index (Phi) is 4.19. The maximum Gasteiger partial charge on any atom is 0.167 e. The number of aliphatic hydroxyl groups is 3. The summed E-state index contributed by atoms with van der Waals surface area (Å²) in [5.41, 5.74) is 1.37. The molecule has 23 heavy (non-hydrogen) atoms. The summed E-state index contributed by atoms with van der Waals surface area (Å²) in [6.07, 6.45) is -0.0830. The minimum Gasteiger partial charge on any atom is -0.394 e. The maximum atomic E-state index is 10.6. The number of fused-ring (bicyclic) bond motifs is 1. The maximum absolute atomic E-state index is 10.6. The van der Waals surface area contributed by atoms with Crippen LogP contribution in [0.25, 0.3) is 11.0 Å². The Balaban J connectivity index is 2.01. The van der Waals surface area contributed by atoms with E-state index in [1.54, 1.807) is 16.8 Å². The average Bonchev–Trinajstić information content (AvgIpc) is 3.06. The summed E-state index contributed by atoms with van der Waals surface area (Å²) in [5.74, 6) is 0.368. The zero-order valence-corrected chi connectivity index (χ0v) is 12.6. The summed E-state index contributed by atoms with van der Waals surface area (Å²) in [4.78, 5) is 17.3. The second kappa shape index (κ2) is 6.00. The molecule has 126 valence electrons. The van der Waals surface area contributed by atoms with Gasteiger partial charge in [-0.25, -0.2) is 20.3 Å². The van der Waals surface area contributed by atoms with Crippen LogP contribution in [0.4, 0.5) is 5.82 Å². The minimum atomic E-state index is -1.60. The van der Waals surface area contributed by atoms with E-state index >= 15 is 0 Å². The molecule has 1 aliphatic heterocycles. The molecule has 1 fully saturated rings. The molecule has 0 unspecified atom stereocenters. The Morgan fingerprint density at radius 1 is 1.48 bits per heavy atom. The highest BCUT2D eigenvalue weighted by molar-refractivity contribution is 5.87. The van der Waals surface area contributed by atoms with Gasteiger partial charge in [0, 0.05) is 6.20 Å². The largest absolute Gasteiger partial charge is 0.394 e. The fourth-order valence-corrected chi connectivity index (χ4v) is 2.71. The lowest BCUT2D eigenvalue weighted by Crippen LogP contribution is -2.44. The third kappa shape index (κ3) is 2.55. The molecule has 10 nitrogen and oxygen atoms in total. The zero-order valence-electron chi connectivity index (χ0n) is 12.6. The van der Waals surface area contributed by atoms with Crippen LogP contribution in [0.3, 0.4) is 0 Å². The molecule has 2 aromatic rings. The van der Waals surface area contributed by atoms with Crippen molar-refractivity contribution in [3.8, 4) is 0 Å². The second-order valence-electron chi connectivity index (χ2n) is 5.41. The van der Waals surface area contributed by atoms with E-state index in [9.17, 15) is 15.3 Å². The molecule has 4 N–H and O–H groups in total. The first kappa shape index (κ1) is 16.1. The predicted octanol–water partition coefficient (Wildman–Crippen LogP) is -0.662. The fourth-order valence-electron chi connectivity index (χ4n) is 2.71. The number of nitrogens with one attached hydrogen (secondary N) is 1. The Hall–Kier alpha value is -1.82. The summed E-state index contributed by atoms with van der Waals surface area (Å²) in [7, 11) is 1.34. The van der Waals surface area contributed by atoms with Gasteiger partial charge >= 0.3 is 0 Å². The molecule has 10 heteroatoms. The number of hydrogen-bond acceptors (Lipinski definition) is 9. The van der Waals surface area contributed by atoms with Crippen LogP contribution in [-0.2, 0) is 14.6 Å². The molecular formula is C13H18N4O6. The predicted molar refractivity (Wildman–Crippen MR) is 76.9 cm³/mol. The van der Waals surface area contributed by atoms with Crippen LogP contribution in [0.2, 0.25) is 0 Å². The molecule has 0 aromatic carbocycles. The van der Waals surface area contributed by atoms with Gasteiger partial charge < -0.3 is 24.6 Å². The Morgan fingerprint density at radius 3 is 2.91 bits per heavy atom. The standard InChI is InChI=1S/C13H18N4O6/c1-13(20)9(19)8(5-18)22-12(13)17-4-3-7-10(16-23-21-2)14-6-15-11(7)17/h3-4,6,8-9,12,18-20H,5H2,1-2H3,(H,14,15,16)/t8-,9-,12-,13-/m1/s1. The molecule has 0 amide bonds. The fraction of sp³-hybridized carbons (Fsp3) is 0.538. The number of aromatic nitrogens is 3. The highest BCUT2D eigenvalue weighted by atomic mass is 17.3. The van der Waals surface area contributed by atoms with Gasteiger partial charge in [-0.15, -0.1) is 4.99 Å². The van der Waals surface area contributed by atoms with E-state index in [1.807, 2.05) is 0 Å². The number of ether oxygens (including phenoxy) is 1. The summed E-state index contributed by atoms with van der Waals surface area (Å²) >= 11 is 0. The van der Waals surface area contributed by atoms with Crippen molar-refractivity contribution in [1.29, 1.82) is 0 Å². The van der Waals surface area contributed by atoms with Crippen LogP contribution in [0.1, 0.15) is 13.2 Å². The first-order valence-corrected chi connectivity index (χ1v) is 6.94. The van der Waals surface area contributed by atoms with E-state index in [2.05, 4.69) is 25.3 Å². The molecule has 0 radical (unpaired) electrons. The van der Waals surface area contributed by atoms with Crippen molar-refractivity contribution in [3.05, 3.63) is 18.6 Å². The number of anilines is 1. The minimum absolute atomic E-state index is 0.368. The molecule has 4 atom stereocenters. The molecule has 0 saturated carbocycles. The lowest BCUT2D eigenvalue weighted by molar-refractivity contribution is -0.248. The van der Waals surface area contributed by atoms with Crippen LogP contribution in [-0.4, -0.2) is 61.4 Å². The van der Waals surface area contributed by atoms with Crippen molar-refractivity contribution in [2.45, 2.75) is 31.0 Å². The molecule has 3 heterocycles. The molecule has 3 rings (SSSR count). The van der Waals surface area contributed by atoms with Crippen molar-refractivity contribution in [2.24, 2.45) is 0 Å². The third-order valence-corrected chi connectivity index (χ3v) is 3.92. The second-order valence-corrected chi connectivity index (χ2v) is 5.41. The summed E-state index contributed by atoms with van der Waals surface area (Å²) in [6, 6.07) is 1.70. The van der Waals surface area contributed by atoms with Crippen molar-refractivity contribution in [1.82, 2.24) is 14.5 Å². The molecule has 1 saturated heterocycles. The van der Waals surface area contributed by atoms with E-state index in [-0.39, 0.29) is 0 Å². The highest BCUT2D eigenvalue weighted by Crippen LogP contribution is 2.40. The van der Waals surface area contributed by atoms with Crippen LogP contribution in [0, 0.1) is 0 Å². The van der Waals surface area contributed by atoms with Crippen LogP contribution >= 0.6 is 0 Å². The molecule has 2 aromatic heterocycles. The highest BCUT2D eigenvalue weighted by Gasteiger charge is 2.53. The van der Waals surface area contributed by atoms with Gasteiger partial charge in [-0.05, 0) is 13.0 Å². The summed E-state index contributed by atoms with van der Waals surface area (Å²) in [5, 5.41) is 30.5. The number of aliphatic hydroxyl groups excluding tert-OH is 2. The van der Waals surface area contributed by atoms with E-state index in [1.165, 1.54) is 20.4 Å². The molecular weight excluding hydrogens is 308 g/mol. The SMILES string of the molecule is COONc1ncnc2c1ccn2[C@@H]1O[C@H](CO)[C@@H](O)[C@@]1(C)O. The van der Waals surface area contributed by atoms with Gasteiger partial charge in [0.2, 0.25) is 0 Å². The van der Waals surface area contributed by atoms with Crippen molar-refractivity contribution in [3.63, 3.8) is 0 Å². The number of hydrogen-bond donors (Lipinski definition) is 4. The number of rotatable bonds is 5. The van der Waals surface area contributed by atoms with Crippen molar-refractivity contribution in [2.75, 3.05) is 19.2 Å². The van der Waals surface area contributed by atoms with Gasteiger partial charge in [0.05, 0.1) is 19.1 Å². The van der Waals surface area contributed by atoms with Crippen molar-refractivity contribution < 1.29 is 29.9 Å². The third-order valence-electron chi connectivity index (χ3n) is 3.92. The lowest BCUT2D eigenvalue weighted by atomic mass is 9.96. The summed E-state index contributed by atoms with van der Waals surface area (Å²) < 4.78 is 7.15. The molecule has 1 aliphatic rings. The quantitative estimate of drug-likeness (QED) is 0.417. The van der Waals surface area contributed by atoms with Gasteiger partial charge in [-0.2, -0.15) is 0 Å². The normalized spacial score (nSPS) is 30.9. The smallest absolute Gasteiger partial charge is 0.167 e. The average molecular weight is 326 g/mol. The number of nitrogens with zero attached hydrogens (tertiary/aromatic N) is 3. The van der Waals surface area contributed by atoms with Crippen molar-refractivity contribution >= 4 is 16.9 Å².